The topological polar surface area (TPSA) is 85.9 Å². The molecule has 45 heavy (non-hydrogen) atoms. The van der Waals surface area contributed by atoms with Gasteiger partial charge in [0.05, 0.1) is 13.2 Å². The summed E-state index contributed by atoms with van der Waals surface area (Å²) in [6.45, 7) is 1.03. The number of fused-ring (bicyclic) bond motifs is 4. The molecule has 0 radical (unpaired) electrons. The molecule has 0 heterocycles. The number of alkyl carbamates (subject to hydrolysis) is 2. The molecule has 7 heteroatoms. The lowest BCUT2D eigenvalue weighted by atomic mass is 9.92. The van der Waals surface area contributed by atoms with Gasteiger partial charge in [0.1, 0.15) is 12.2 Å². The number of nitrogens with one attached hydrogen (secondary N) is 2. The third-order valence-electron chi connectivity index (χ3n) is 7.65. The number of hydrogen-bond donors (Lipinski definition) is 2. The van der Waals surface area contributed by atoms with Gasteiger partial charge in [-0.05, 0) is 35.4 Å². The van der Waals surface area contributed by atoms with Crippen molar-refractivity contribution < 1.29 is 23.8 Å². The Hall–Kier alpha value is -5.50. The summed E-state index contributed by atoms with van der Waals surface area (Å²) in [5.74, 6) is 12.9. The largest absolute Gasteiger partial charge is 0.441 e. The molecule has 0 bridgehead atoms. The van der Waals surface area contributed by atoms with E-state index in [0.29, 0.717) is 12.8 Å². The zero-order chi connectivity index (χ0) is 30.8. The molecule has 0 fully saturated rings. The first kappa shape index (κ1) is 29.6. The second-order valence-electron chi connectivity index (χ2n) is 10.7. The highest BCUT2D eigenvalue weighted by molar-refractivity contribution is 5.68. The van der Waals surface area contributed by atoms with Gasteiger partial charge in [-0.2, -0.15) is 0 Å². The molecule has 224 valence electrons. The van der Waals surface area contributed by atoms with Gasteiger partial charge in [0.25, 0.3) is 0 Å². The van der Waals surface area contributed by atoms with Crippen molar-refractivity contribution in [2.24, 2.45) is 0 Å². The summed E-state index contributed by atoms with van der Waals surface area (Å²) >= 11 is 0. The van der Waals surface area contributed by atoms with Crippen LogP contribution in [0.5, 0.6) is 0 Å². The third-order valence-corrected chi connectivity index (χ3v) is 7.65. The van der Waals surface area contributed by atoms with Crippen molar-refractivity contribution in [3.8, 4) is 23.7 Å². The lowest BCUT2D eigenvalue weighted by Crippen LogP contribution is -2.32. The van der Waals surface area contributed by atoms with Crippen LogP contribution in [0.25, 0.3) is 0 Å². The Kier molecular flexibility index (Phi) is 9.41. The molecule has 6 rings (SSSR count). The van der Waals surface area contributed by atoms with E-state index in [4.69, 9.17) is 14.2 Å². The van der Waals surface area contributed by atoms with Crippen LogP contribution in [0, 0.1) is 23.7 Å². The molecule has 2 N–H and O–H groups in total. The molecule has 2 atom stereocenters. The molecule has 2 amide bonds. The number of carbonyl (C=O) groups is 2. The number of rotatable bonds is 8. The van der Waals surface area contributed by atoms with Gasteiger partial charge in [-0.1, -0.05) is 96.5 Å². The van der Waals surface area contributed by atoms with Crippen molar-refractivity contribution in [1.29, 1.82) is 0 Å². The van der Waals surface area contributed by atoms with E-state index in [1.807, 2.05) is 97.1 Å². The van der Waals surface area contributed by atoms with Gasteiger partial charge < -0.3 is 24.8 Å². The van der Waals surface area contributed by atoms with Gasteiger partial charge >= 0.3 is 12.2 Å². The molecule has 0 aromatic heterocycles. The molecule has 2 aliphatic rings. The molecule has 0 saturated heterocycles. The maximum Gasteiger partial charge on any atom is 0.407 e. The predicted octanol–water partition coefficient (Wildman–Crippen LogP) is 5.85. The highest BCUT2D eigenvalue weighted by Gasteiger charge is 2.23. The molecular weight excluding hydrogens is 564 g/mol. The Labute approximate surface area is 262 Å². The molecular formula is C38H32N2O5. The SMILES string of the molecule is O=C(NCCOCCNC(=O)OC1Cc2ccccc2C#Cc2ccccc21)OC1Cc2ccccc2C#Cc2ccccc21. The van der Waals surface area contributed by atoms with Crippen LogP contribution < -0.4 is 10.6 Å². The zero-order valence-electron chi connectivity index (χ0n) is 24.7. The minimum absolute atomic E-state index is 0.257. The van der Waals surface area contributed by atoms with E-state index in [1.54, 1.807) is 0 Å². The minimum Gasteiger partial charge on any atom is -0.441 e. The number of amides is 2. The van der Waals surface area contributed by atoms with E-state index < -0.39 is 24.4 Å². The first-order valence-corrected chi connectivity index (χ1v) is 15.0. The Bertz CT molecular complexity index is 1690. The van der Waals surface area contributed by atoms with E-state index in [0.717, 1.165) is 44.5 Å². The fourth-order valence-electron chi connectivity index (χ4n) is 5.42. The number of benzene rings is 4. The van der Waals surface area contributed by atoms with Crippen LogP contribution in [0.4, 0.5) is 9.59 Å². The van der Waals surface area contributed by atoms with Gasteiger partial charge in [0, 0.05) is 59.3 Å². The highest BCUT2D eigenvalue weighted by atomic mass is 16.6. The lowest BCUT2D eigenvalue weighted by molar-refractivity contribution is 0.0860. The second kappa shape index (κ2) is 14.3. The van der Waals surface area contributed by atoms with Gasteiger partial charge in [-0.15, -0.1) is 0 Å². The lowest BCUT2D eigenvalue weighted by Gasteiger charge is -2.22. The molecule has 7 nitrogen and oxygen atoms in total. The van der Waals surface area contributed by atoms with Crippen molar-refractivity contribution in [1.82, 2.24) is 10.6 Å². The van der Waals surface area contributed by atoms with Crippen molar-refractivity contribution in [2.45, 2.75) is 25.0 Å². The number of hydrogen-bond acceptors (Lipinski definition) is 5. The molecule has 0 aliphatic heterocycles. The summed E-state index contributed by atoms with van der Waals surface area (Å²) in [6.07, 6.45) is -0.953. The van der Waals surface area contributed by atoms with Crippen molar-refractivity contribution in [2.75, 3.05) is 26.3 Å². The third kappa shape index (κ3) is 7.54. The second-order valence-corrected chi connectivity index (χ2v) is 10.7. The van der Waals surface area contributed by atoms with Crippen LogP contribution >= 0.6 is 0 Å². The first-order valence-electron chi connectivity index (χ1n) is 15.0. The van der Waals surface area contributed by atoms with Crippen LogP contribution in [0.3, 0.4) is 0 Å². The van der Waals surface area contributed by atoms with Gasteiger partial charge in [-0.3, -0.25) is 0 Å². The quantitative estimate of drug-likeness (QED) is 0.197. The van der Waals surface area contributed by atoms with Gasteiger partial charge in [-0.25, -0.2) is 9.59 Å². The van der Waals surface area contributed by atoms with Gasteiger partial charge in [0.2, 0.25) is 0 Å². The Balaban J connectivity index is 0.943. The summed E-state index contributed by atoms with van der Waals surface area (Å²) in [6, 6.07) is 31.3. The van der Waals surface area contributed by atoms with E-state index in [-0.39, 0.29) is 26.3 Å². The van der Waals surface area contributed by atoms with Crippen LogP contribution in [0.15, 0.2) is 97.1 Å². The Morgan fingerprint density at radius 3 is 1.40 bits per heavy atom. The van der Waals surface area contributed by atoms with Crippen LogP contribution in [0.2, 0.25) is 0 Å². The minimum atomic E-state index is -0.531. The van der Waals surface area contributed by atoms with Crippen molar-refractivity contribution >= 4 is 12.2 Å². The molecule has 4 aromatic carbocycles. The van der Waals surface area contributed by atoms with Crippen LogP contribution in [-0.4, -0.2) is 38.5 Å². The summed E-state index contributed by atoms with van der Waals surface area (Å²) in [5.41, 5.74) is 7.37. The smallest absolute Gasteiger partial charge is 0.407 e. The molecule has 0 spiro atoms. The summed E-state index contributed by atoms with van der Waals surface area (Å²) in [4.78, 5) is 25.4. The Morgan fingerprint density at radius 2 is 0.933 bits per heavy atom. The fraction of sp³-hybridized carbons (Fsp3) is 0.211. The van der Waals surface area contributed by atoms with Crippen LogP contribution in [0.1, 0.15) is 56.7 Å². The predicted molar refractivity (Wildman–Crippen MR) is 170 cm³/mol. The molecule has 0 saturated carbocycles. The zero-order valence-corrected chi connectivity index (χ0v) is 24.7. The van der Waals surface area contributed by atoms with Crippen molar-refractivity contribution in [3.05, 3.63) is 142 Å². The highest BCUT2D eigenvalue weighted by Crippen LogP contribution is 2.30. The van der Waals surface area contributed by atoms with E-state index in [9.17, 15) is 9.59 Å². The van der Waals surface area contributed by atoms with Crippen molar-refractivity contribution in [3.63, 3.8) is 0 Å². The van der Waals surface area contributed by atoms with Crippen LogP contribution in [-0.2, 0) is 27.1 Å². The molecule has 2 aliphatic carbocycles. The average molecular weight is 597 g/mol. The summed E-state index contributed by atoms with van der Waals surface area (Å²) in [5, 5.41) is 5.52. The van der Waals surface area contributed by atoms with Gasteiger partial charge in [0.15, 0.2) is 0 Å². The monoisotopic (exact) mass is 596 g/mol. The number of ether oxygens (including phenoxy) is 3. The molecule has 2 unspecified atom stereocenters. The standard InChI is InChI=1S/C38H32N2O5/c41-37(44-35-25-31-13-3-1-9-27(31)17-19-29-11-5-7-15-33(29)35)39-21-23-43-24-22-40-38(42)45-36-26-32-14-4-2-10-28(32)18-20-30-12-6-8-16-34(30)36/h1-16,35-36H,21-26H2,(H,39,41)(H,40,42). The average Bonchev–Trinajstić information content (AvgIpc) is 3.05. The van der Waals surface area contributed by atoms with E-state index in [2.05, 4.69) is 34.3 Å². The summed E-state index contributed by atoms with van der Waals surface area (Å²) in [7, 11) is 0. The summed E-state index contributed by atoms with van der Waals surface area (Å²) < 4.78 is 17.3. The first-order chi connectivity index (χ1) is 22.1. The maximum atomic E-state index is 12.7. The normalized spacial score (nSPS) is 15.6. The molecule has 4 aromatic rings. The van der Waals surface area contributed by atoms with E-state index >= 15 is 0 Å². The fourth-order valence-corrected chi connectivity index (χ4v) is 5.42. The Morgan fingerprint density at radius 1 is 0.556 bits per heavy atom. The number of carbonyl (C=O) groups excluding carboxylic acids is 2. The maximum absolute atomic E-state index is 12.7. The van der Waals surface area contributed by atoms with E-state index in [1.165, 1.54) is 0 Å².